The molecule has 1 aliphatic rings. The highest BCUT2D eigenvalue weighted by Gasteiger charge is 2.27. The predicted octanol–water partition coefficient (Wildman–Crippen LogP) is 3.77. The molecule has 2 aromatic rings. The minimum atomic E-state index is -3.02. The van der Waals surface area contributed by atoms with Gasteiger partial charge in [-0.25, -0.2) is 0 Å². The molecule has 5 nitrogen and oxygen atoms in total. The van der Waals surface area contributed by atoms with Gasteiger partial charge in [-0.2, -0.15) is 8.78 Å². The zero-order valence-corrected chi connectivity index (χ0v) is 14.0. The van der Waals surface area contributed by atoms with Gasteiger partial charge in [-0.3, -0.25) is 9.59 Å². The van der Waals surface area contributed by atoms with Crippen LogP contribution in [-0.2, 0) is 4.79 Å². The van der Waals surface area contributed by atoms with Gasteiger partial charge >= 0.3 is 12.6 Å². The standard InChI is InChI=1S/C19H19F2NO4/c20-19(21)26-16-11-14-4-2-1-3-13(14)10-15(16)18(25)22-7-5-12(6-8-22)9-17(23)24/h1-4,10-12,19H,5-9H2,(H,23,24). The molecule has 0 bridgehead atoms. The molecule has 1 saturated heterocycles. The number of nitrogens with zero attached hydrogens (tertiary/aromatic N) is 1. The summed E-state index contributed by atoms with van der Waals surface area (Å²) in [7, 11) is 0. The molecule has 0 radical (unpaired) electrons. The lowest BCUT2D eigenvalue weighted by Gasteiger charge is -2.31. The number of benzene rings is 2. The van der Waals surface area contributed by atoms with Crippen molar-refractivity contribution in [1.82, 2.24) is 4.90 Å². The Labute approximate surface area is 149 Å². The summed E-state index contributed by atoms with van der Waals surface area (Å²) in [5, 5.41) is 10.3. The van der Waals surface area contributed by atoms with Crippen LogP contribution in [0.5, 0.6) is 5.75 Å². The Morgan fingerprint density at radius 2 is 1.77 bits per heavy atom. The normalized spacial score (nSPS) is 15.4. The summed E-state index contributed by atoms with van der Waals surface area (Å²) in [6.45, 7) is -2.22. The highest BCUT2D eigenvalue weighted by Crippen LogP contribution is 2.30. The zero-order chi connectivity index (χ0) is 18.7. The van der Waals surface area contributed by atoms with Gasteiger partial charge in [-0.15, -0.1) is 0 Å². The number of carboxylic acid groups (broad SMARTS) is 1. The summed E-state index contributed by atoms with van der Waals surface area (Å²) in [5.74, 6) is -1.33. The van der Waals surface area contributed by atoms with E-state index in [1.807, 2.05) is 6.07 Å². The molecule has 7 heteroatoms. The molecule has 1 N–H and O–H groups in total. The fourth-order valence-corrected chi connectivity index (χ4v) is 3.34. The summed E-state index contributed by atoms with van der Waals surface area (Å²) in [6, 6.07) is 10.2. The van der Waals surface area contributed by atoms with Crippen LogP contribution < -0.4 is 4.74 Å². The van der Waals surface area contributed by atoms with E-state index >= 15 is 0 Å². The number of hydrogen-bond acceptors (Lipinski definition) is 3. The molecule has 1 aliphatic heterocycles. The lowest BCUT2D eigenvalue weighted by molar-refractivity contribution is -0.138. The summed E-state index contributed by atoms with van der Waals surface area (Å²) < 4.78 is 30.1. The Morgan fingerprint density at radius 3 is 2.35 bits per heavy atom. The molecule has 2 aromatic carbocycles. The van der Waals surface area contributed by atoms with Crippen LogP contribution in [0.15, 0.2) is 36.4 Å². The second kappa shape index (κ2) is 7.68. The summed E-state index contributed by atoms with van der Waals surface area (Å²) in [6.07, 6.45) is 1.24. The van der Waals surface area contributed by atoms with Crippen LogP contribution in [0.4, 0.5) is 8.78 Å². The maximum Gasteiger partial charge on any atom is 0.387 e. The van der Waals surface area contributed by atoms with Crippen LogP contribution in [0, 0.1) is 5.92 Å². The van der Waals surface area contributed by atoms with E-state index in [1.54, 1.807) is 29.2 Å². The van der Waals surface area contributed by atoms with Crippen molar-refractivity contribution in [2.75, 3.05) is 13.1 Å². The molecule has 0 aliphatic carbocycles. The lowest BCUT2D eigenvalue weighted by atomic mass is 9.93. The fourth-order valence-electron chi connectivity index (χ4n) is 3.34. The van der Waals surface area contributed by atoms with E-state index < -0.39 is 12.6 Å². The SMILES string of the molecule is O=C(O)CC1CCN(C(=O)c2cc3ccccc3cc2OC(F)F)CC1. The second-order valence-electron chi connectivity index (χ2n) is 6.41. The topological polar surface area (TPSA) is 66.8 Å². The first kappa shape index (κ1) is 18.1. The maximum absolute atomic E-state index is 12.9. The van der Waals surface area contributed by atoms with Crippen molar-refractivity contribution in [2.45, 2.75) is 25.9 Å². The summed E-state index contributed by atoms with van der Waals surface area (Å²) in [5.41, 5.74) is 0.0979. The van der Waals surface area contributed by atoms with Crippen LogP contribution in [0.1, 0.15) is 29.6 Å². The van der Waals surface area contributed by atoms with Gasteiger partial charge in [0.15, 0.2) is 0 Å². The summed E-state index contributed by atoms with van der Waals surface area (Å²) in [4.78, 5) is 25.2. The van der Waals surface area contributed by atoms with Gasteiger partial charge < -0.3 is 14.7 Å². The number of carbonyl (C=O) groups excluding carboxylic acids is 1. The van der Waals surface area contributed by atoms with E-state index in [-0.39, 0.29) is 29.6 Å². The Balaban J connectivity index is 1.84. The molecular formula is C19H19F2NO4. The van der Waals surface area contributed by atoms with Gasteiger partial charge in [-0.05, 0) is 41.7 Å². The van der Waals surface area contributed by atoms with Crippen LogP contribution >= 0.6 is 0 Å². The number of alkyl halides is 2. The number of carbonyl (C=O) groups is 2. The van der Waals surface area contributed by atoms with Crippen molar-refractivity contribution in [2.24, 2.45) is 5.92 Å². The average Bonchev–Trinajstić information content (AvgIpc) is 2.60. The third-order valence-corrected chi connectivity index (χ3v) is 4.66. The first-order valence-corrected chi connectivity index (χ1v) is 8.42. The van der Waals surface area contributed by atoms with E-state index in [4.69, 9.17) is 5.11 Å². The molecule has 0 atom stereocenters. The Bertz CT molecular complexity index is 816. The highest BCUT2D eigenvalue weighted by atomic mass is 19.3. The van der Waals surface area contributed by atoms with Gasteiger partial charge in [0.1, 0.15) is 5.75 Å². The molecule has 1 heterocycles. The molecule has 0 aromatic heterocycles. The molecule has 26 heavy (non-hydrogen) atoms. The number of rotatable bonds is 5. The highest BCUT2D eigenvalue weighted by molar-refractivity contribution is 6.01. The van der Waals surface area contributed by atoms with E-state index in [2.05, 4.69) is 4.74 Å². The van der Waals surface area contributed by atoms with E-state index in [0.29, 0.717) is 31.3 Å². The first-order valence-electron chi connectivity index (χ1n) is 8.42. The number of halogens is 2. The number of amides is 1. The van der Waals surface area contributed by atoms with Gasteiger partial charge in [-0.1, -0.05) is 24.3 Å². The Hall–Kier alpha value is -2.70. The predicted molar refractivity (Wildman–Crippen MR) is 91.5 cm³/mol. The minimum absolute atomic E-state index is 0.0323. The maximum atomic E-state index is 12.9. The van der Waals surface area contributed by atoms with Crippen molar-refractivity contribution >= 4 is 22.6 Å². The van der Waals surface area contributed by atoms with E-state index in [0.717, 1.165) is 5.39 Å². The number of carboxylic acids is 1. The van der Waals surface area contributed by atoms with Crippen molar-refractivity contribution in [1.29, 1.82) is 0 Å². The zero-order valence-electron chi connectivity index (χ0n) is 14.0. The number of likely N-dealkylation sites (tertiary alicyclic amines) is 1. The molecule has 0 spiro atoms. The largest absolute Gasteiger partial charge is 0.481 e. The third-order valence-electron chi connectivity index (χ3n) is 4.66. The van der Waals surface area contributed by atoms with Gasteiger partial charge in [0.2, 0.25) is 0 Å². The van der Waals surface area contributed by atoms with Gasteiger partial charge in [0.25, 0.3) is 5.91 Å². The second-order valence-corrected chi connectivity index (χ2v) is 6.41. The first-order chi connectivity index (χ1) is 12.4. The van der Waals surface area contributed by atoms with Crippen molar-refractivity contribution in [3.8, 4) is 5.75 Å². The van der Waals surface area contributed by atoms with E-state index in [1.165, 1.54) is 6.07 Å². The molecule has 1 fully saturated rings. The monoisotopic (exact) mass is 363 g/mol. The van der Waals surface area contributed by atoms with Crippen LogP contribution in [0.2, 0.25) is 0 Å². The smallest absolute Gasteiger partial charge is 0.387 e. The van der Waals surface area contributed by atoms with Gasteiger partial charge in [0, 0.05) is 19.5 Å². The number of hydrogen-bond donors (Lipinski definition) is 1. The Kier molecular flexibility index (Phi) is 5.35. The average molecular weight is 363 g/mol. The molecule has 0 unspecified atom stereocenters. The van der Waals surface area contributed by atoms with Crippen molar-refractivity contribution in [3.05, 3.63) is 42.0 Å². The number of aliphatic carboxylic acids is 1. The molecule has 0 saturated carbocycles. The molecule has 3 rings (SSSR count). The van der Waals surface area contributed by atoms with Crippen LogP contribution in [0.25, 0.3) is 10.8 Å². The van der Waals surface area contributed by atoms with Crippen LogP contribution in [-0.4, -0.2) is 41.6 Å². The molecule has 1 amide bonds. The minimum Gasteiger partial charge on any atom is -0.481 e. The summed E-state index contributed by atoms with van der Waals surface area (Å²) >= 11 is 0. The van der Waals surface area contributed by atoms with Crippen LogP contribution in [0.3, 0.4) is 0 Å². The molecule has 138 valence electrons. The number of piperidine rings is 1. The third kappa shape index (κ3) is 4.09. The Morgan fingerprint density at radius 1 is 1.15 bits per heavy atom. The van der Waals surface area contributed by atoms with E-state index in [9.17, 15) is 18.4 Å². The quantitative estimate of drug-likeness (QED) is 0.878. The fraction of sp³-hybridized carbons (Fsp3) is 0.368. The molecular weight excluding hydrogens is 344 g/mol. The van der Waals surface area contributed by atoms with Crippen molar-refractivity contribution < 1.29 is 28.2 Å². The van der Waals surface area contributed by atoms with Crippen molar-refractivity contribution in [3.63, 3.8) is 0 Å². The van der Waals surface area contributed by atoms with Gasteiger partial charge in [0.05, 0.1) is 5.56 Å². The lowest BCUT2D eigenvalue weighted by Crippen LogP contribution is -2.39. The number of ether oxygens (including phenoxy) is 1. The number of fused-ring (bicyclic) bond motifs is 1.